The summed E-state index contributed by atoms with van der Waals surface area (Å²) in [5.41, 5.74) is -3.12. The summed E-state index contributed by atoms with van der Waals surface area (Å²) in [6.45, 7) is 4.44. The number of fused-ring (bicyclic) bond motifs is 1. The van der Waals surface area contributed by atoms with Gasteiger partial charge in [-0.05, 0) is 32.9 Å². The first-order chi connectivity index (χ1) is 14.9. The van der Waals surface area contributed by atoms with E-state index in [1.807, 2.05) is 0 Å². The molecule has 0 spiro atoms. The summed E-state index contributed by atoms with van der Waals surface area (Å²) in [7, 11) is 0. The number of halogens is 3. The molecule has 2 amide bonds. The van der Waals surface area contributed by atoms with Crippen molar-refractivity contribution in [1.29, 1.82) is 0 Å². The Labute approximate surface area is 184 Å². The van der Waals surface area contributed by atoms with Gasteiger partial charge in [0.25, 0.3) is 5.91 Å². The van der Waals surface area contributed by atoms with Crippen LogP contribution in [0.3, 0.4) is 0 Å². The predicted molar refractivity (Wildman–Crippen MR) is 112 cm³/mol. The number of nitrogens with zero attached hydrogens (tertiary/aromatic N) is 2. The number of nitrogens with one attached hydrogen (secondary N) is 2. The molecule has 32 heavy (non-hydrogen) atoms. The number of hydrogen-bond donors (Lipinski definition) is 3. The van der Waals surface area contributed by atoms with Crippen molar-refractivity contribution in [3.63, 3.8) is 0 Å². The van der Waals surface area contributed by atoms with Gasteiger partial charge in [-0.25, -0.2) is 14.8 Å². The number of alkyl carbamates (subject to hydrolysis) is 1. The van der Waals surface area contributed by atoms with E-state index >= 15 is 0 Å². The molecule has 0 bridgehead atoms. The molecule has 2 heterocycles. The van der Waals surface area contributed by atoms with Gasteiger partial charge in [0, 0.05) is 17.0 Å². The second-order valence-corrected chi connectivity index (χ2v) is 8.52. The highest BCUT2D eigenvalue weighted by Crippen LogP contribution is 2.38. The van der Waals surface area contributed by atoms with E-state index in [2.05, 4.69) is 20.6 Å². The second-order valence-electron chi connectivity index (χ2n) is 7.63. The number of rotatable bonds is 4. The van der Waals surface area contributed by atoms with Crippen molar-refractivity contribution in [2.75, 3.05) is 5.32 Å². The molecule has 0 saturated heterocycles. The van der Waals surface area contributed by atoms with Crippen LogP contribution in [0.25, 0.3) is 10.9 Å². The van der Waals surface area contributed by atoms with E-state index in [9.17, 15) is 27.9 Å². The standard InChI is InChI=1S/C20H19F3N4O4S/c1-19(2,3)31-18(30)25-9-12-13(16(29)27-17-24-7-8-32-17)15(28)10-5-4-6-11(14(10)26-12)20(21,22)23/h4-8H,9H2,1-3H3,(H,25,30)(H,26,28)(H,24,27,29). The Morgan fingerprint density at radius 3 is 2.53 bits per heavy atom. The van der Waals surface area contributed by atoms with E-state index in [1.165, 1.54) is 12.3 Å². The Kier molecular flexibility index (Phi) is 6.26. The van der Waals surface area contributed by atoms with Gasteiger partial charge in [-0.2, -0.15) is 13.2 Å². The van der Waals surface area contributed by atoms with Crippen molar-refractivity contribution in [1.82, 2.24) is 15.3 Å². The Bertz CT molecular complexity index is 1160. The molecule has 0 atom stereocenters. The number of anilines is 1. The van der Waals surface area contributed by atoms with Crippen molar-refractivity contribution >= 4 is 39.4 Å². The van der Waals surface area contributed by atoms with Crippen LogP contribution in [-0.4, -0.2) is 32.7 Å². The normalized spacial score (nSPS) is 11.9. The molecular weight excluding hydrogens is 449 g/mol. The number of aromatic nitrogens is 2. The van der Waals surface area contributed by atoms with Gasteiger partial charge in [-0.3, -0.25) is 10.1 Å². The molecule has 0 fully saturated rings. The zero-order valence-electron chi connectivity index (χ0n) is 17.2. The molecule has 0 aliphatic carbocycles. The average Bonchev–Trinajstić information content (AvgIpc) is 3.16. The smallest absolute Gasteiger partial charge is 0.418 e. The van der Waals surface area contributed by atoms with E-state index in [0.717, 1.165) is 23.5 Å². The summed E-state index contributed by atoms with van der Waals surface area (Å²) < 4.78 is 45.6. The average molecular weight is 468 g/mol. The molecule has 0 aliphatic heterocycles. The Morgan fingerprint density at radius 1 is 1.22 bits per heavy atom. The molecule has 8 nitrogen and oxygen atoms in total. The van der Waals surface area contributed by atoms with Gasteiger partial charge in [0.1, 0.15) is 16.9 Å². The first kappa shape index (κ1) is 23.3. The van der Waals surface area contributed by atoms with Crippen LogP contribution in [0.1, 0.15) is 42.4 Å². The molecule has 3 N–H and O–H groups in total. The number of hydrogen-bond acceptors (Lipinski definition) is 7. The highest BCUT2D eigenvalue weighted by molar-refractivity contribution is 7.13. The lowest BCUT2D eigenvalue weighted by Gasteiger charge is -2.20. The zero-order valence-corrected chi connectivity index (χ0v) is 18.0. The predicted octanol–water partition coefficient (Wildman–Crippen LogP) is 4.69. The van der Waals surface area contributed by atoms with Crippen LogP contribution in [0.2, 0.25) is 0 Å². The quantitative estimate of drug-likeness (QED) is 0.512. The Balaban J connectivity index is 2.09. The monoisotopic (exact) mass is 468 g/mol. The van der Waals surface area contributed by atoms with Crippen LogP contribution < -0.4 is 10.6 Å². The molecule has 12 heteroatoms. The van der Waals surface area contributed by atoms with Crippen LogP contribution >= 0.6 is 11.3 Å². The second kappa shape index (κ2) is 8.61. The number of carbonyl (C=O) groups is 2. The summed E-state index contributed by atoms with van der Waals surface area (Å²) in [5.74, 6) is -1.54. The topological polar surface area (TPSA) is 113 Å². The Morgan fingerprint density at radius 2 is 1.94 bits per heavy atom. The largest absolute Gasteiger partial charge is 0.506 e. The number of pyridine rings is 1. The number of aromatic hydroxyl groups is 1. The molecule has 170 valence electrons. The van der Waals surface area contributed by atoms with Crippen molar-refractivity contribution in [3.05, 3.63) is 46.6 Å². The van der Waals surface area contributed by atoms with Crippen molar-refractivity contribution in [3.8, 4) is 5.75 Å². The van der Waals surface area contributed by atoms with E-state index in [0.29, 0.717) is 0 Å². The van der Waals surface area contributed by atoms with E-state index in [1.54, 1.807) is 26.2 Å². The maximum atomic E-state index is 13.5. The number of amides is 2. The summed E-state index contributed by atoms with van der Waals surface area (Å²) in [4.78, 5) is 32.8. The molecule has 0 unspecified atom stereocenters. The van der Waals surface area contributed by atoms with Crippen molar-refractivity contribution in [2.45, 2.75) is 39.1 Å². The highest BCUT2D eigenvalue weighted by atomic mass is 32.1. The van der Waals surface area contributed by atoms with E-state index < -0.39 is 47.2 Å². The van der Waals surface area contributed by atoms with Gasteiger partial charge in [0.15, 0.2) is 5.13 Å². The van der Waals surface area contributed by atoms with Crippen LogP contribution in [-0.2, 0) is 17.5 Å². The van der Waals surface area contributed by atoms with Gasteiger partial charge < -0.3 is 15.2 Å². The van der Waals surface area contributed by atoms with Gasteiger partial charge in [-0.15, -0.1) is 11.3 Å². The fourth-order valence-electron chi connectivity index (χ4n) is 2.83. The Hall–Kier alpha value is -3.41. The fourth-order valence-corrected chi connectivity index (χ4v) is 3.35. The minimum absolute atomic E-state index is 0.213. The molecule has 3 aromatic rings. The first-order valence-electron chi connectivity index (χ1n) is 9.26. The van der Waals surface area contributed by atoms with Gasteiger partial charge >= 0.3 is 12.3 Å². The minimum atomic E-state index is -4.75. The zero-order chi connectivity index (χ0) is 23.7. The number of thiazole rings is 1. The van der Waals surface area contributed by atoms with Gasteiger partial charge in [0.05, 0.1) is 23.3 Å². The third-order valence-corrected chi connectivity index (χ3v) is 4.74. The van der Waals surface area contributed by atoms with Crippen molar-refractivity contribution < 1.29 is 32.6 Å². The van der Waals surface area contributed by atoms with Crippen LogP contribution in [0.4, 0.5) is 23.1 Å². The molecular formula is C20H19F3N4O4S. The van der Waals surface area contributed by atoms with Gasteiger partial charge in [0.2, 0.25) is 0 Å². The number of carbonyl (C=O) groups excluding carboxylic acids is 2. The molecule has 1 aromatic carbocycles. The molecule has 3 rings (SSSR count). The van der Waals surface area contributed by atoms with Gasteiger partial charge in [-0.1, -0.05) is 6.07 Å². The molecule has 2 aromatic heterocycles. The summed E-state index contributed by atoms with van der Waals surface area (Å²) in [5, 5.41) is 17.1. The highest BCUT2D eigenvalue weighted by Gasteiger charge is 2.35. The number of alkyl halides is 3. The SMILES string of the molecule is CC(C)(C)OC(=O)NCc1nc2c(C(F)(F)F)cccc2c(O)c1C(=O)Nc1nccs1. The first-order valence-corrected chi connectivity index (χ1v) is 10.1. The maximum Gasteiger partial charge on any atom is 0.418 e. The van der Waals surface area contributed by atoms with E-state index in [4.69, 9.17) is 4.74 Å². The molecule has 0 radical (unpaired) electrons. The summed E-state index contributed by atoms with van der Waals surface area (Å²) >= 11 is 1.11. The lowest BCUT2D eigenvalue weighted by molar-refractivity contribution is -0.136. The van der Waals surface area contributed by atoms with E-state index in [-0.39, 0.29) is 21.8 Å². The summed E-state index contributed by atoms with van der Waals surface area (Å²) in [6.07, 6.45) is -4.17. The molecule has 0 saturated carbocycles. The van der Waals surface area contributed by atoms with Crippen LogP contribution in [0.15, 0.2) is 29.8 Å². The maximum absolute atomic E-state index is 13.5. The lowest BCUT2D eigenvalue weighted by atomic mass is 10.0. The number of benzene rings is 1. The number of para-hydroxylation sites is 1. The minimum Gasteiger partial charge on any atom is -0.506 e. The lowest BCUT2D eigenvalue weighted by Crippen LogP contribution is -2.33. The van der Waals surface area contributed by atoms with Crippen LogP contribution in [0, 0.1) is 0 Å². The van der Waals surface area contributed by atoms with Crippen LogP contribution in [0.5, 0.6) is 5.75 Å². The molecule has 0 aliphatic rings. The summed E-state index contributed by atoms with van der Waals surface area (Å²) in [6, 6.07) is 3.14. The fraction of sp³-hybridized carbons (Fsp3) is 0.300. The third-order valence-electron chi connectivity index (χ3n) is 4.05. The number of ether oxygens (including phenoxy) is 1. The third kappa shape index (κ3) is 5.25. The van der Waals surface area contributed by atoms with Crippen molar-refractivity contribution in [2.24, 2.45) is 0 Å².